The molecule has 0 saturated heterocycles. The van der Waals surface area contributed by atoms with Crippen molar-refractivity contribution in [3.05, 3.63) is 17.3 Å². The highest BCUT2D eigenvalue weighted by molar-refractivity contribution is 7.15. The number of fused-ring (bicyclic) bond motifs is 1. The van der Waals surface area contributed by atoms with Crippen LogP contribution < -0.4 is 4.90 Å². The van der Waals surface area contributed by atoms with Gasteiger partial charge in [-0.05, 0) is 19.8 Å². The Labute approximate surface area is 116 Å². The van der Waals surface area contributed by atoms with E-state index in [-0.39, 0.29) is 11.7 Å². The molecule has 2 aromatic heterocycles. The Hall–Kier alpha value is -1.56. The maximum absolute atomic E-state index is 11.5. The number of carbonyl (C=O) groups is 1. The molecule has 0 fully saturated rings. The van der Waals surface area contributed by atoms with Crippen LogP contribution in [-0.2, 0) is 0 Å². The number of imidazole rings is 1. The number of carboxylic acids is 1. The predicted molar refractivity (Wildman–Crippen MR) is 77.3 cm³/mol. The zero-order valence-electron chi connectivity index (χ0n) is 11.6. The van der Waals surface area contributed by atoms with Gasteiger partial charge in [-0.1, -0.05) is 13.8 Å². The highest BCUT2D eigenvalue weighted by Gasteiger charge is 2.25. The summed E-state index contributed by atoms with van der Waals surface area (Å²) in [4.78, 5) is 18.8. The molecule has 19 heavy (non-hydrogen) atoms. The van der Waals surface area contributed by atoms with Crippen LogP contribution >= 0.6 is 11.3 Å². The van der Waals surface area contributed by atoms with Gasteiger partial charge in [0.25, 0.3) is 0 Å². The SMILES string of the molecule is CC(C)CN(c1nc2sccn2c1C(=O)O)C(C)C. The molecule has 0 bridgehead atoms. The average Bonchev–Trinajstić information content (AvgIpc) is 2.83. The summed E-state index contributed by atoms with van der Waals surface area (Å²) in [6.45, 7) is 9.15. The summed E-state index contributed by atoms with van der Waals surface area (Å²) in [7, 11) is 0. The van der Waals surface area contributed by atoms with E-state index in [2.05, 4.69) is 37.6 Å². The van der Waals surface area contributed by atoms with E-state index in [9.17, 15) is 9.90 Å². The summed E-state index contributed by atoms with van der Waals surface area (Å²) < 4.78 is 1.65. The van der Waals surface area contributed by atoms with Crippen LogP contribution in [0.5, 0.6) is 0 Å². The van der Waals surface area contributed by atoms with Crippen LogP contribution in [0.15, 0.2) is 11.6 Å². The number of carboxylic acid groups (broad SMARTS) is 1. The third-order valence-electron chi connectivity index (χ3n) is 2.90. The monoisotopic (exact) mass is 281 g/mol. The quantitative estimate of drug-likeness (QED) is 0.915. The van der Waals surface area contributed by atoms with Gasteiger partial charge >= 0.3 is 5.97 Å². The van der Waals surface area contributed by atoms with Crippen molar-refractivity contribution in [2.24, 2.45) is 5.92 Å². The van der Waals surface area contributed by atoms with E-state index < -0.39 is 5.97 Å². The van der Waals surface area contributed by atoms with E-state index >= 15 is 0 Å². The number of anilines is 1. The normalized spacial score (nSPS) is 11.7. The fraction of sp³-hybridized carbons (Fsp3) is 0.538. The first-order valence-corrected chi connectivity index (χ1v) is 7.25. The molecule has 0 saturated carbocycles. The summed E-state index contributed by atoms with van der Waals surface area (Å²) >= 11 is 1.45. The zero-order chi connectivity index (χ0) is 14.2. The highest BCUT2D eigenvalue weighted by atomic mass is 32.1. The molecule has 2 heterocycles. The fourth-order valence-corrected chi connectivity index (χ4v) is 2.82. The standard InChI is InChI=1S/C13H19N3O2S/c1-8(2)7-16(9(3)4)11-10(12(17)18)15-5-6-19-13(15)14-11/h5-6,8-9H,7H2,1-4H3,(H,17,18). The summed E-state index contributed by atoms with van der Waals surface area (Å²) in [6.07, 6.45) is 1.76. The van der Waals surface area contributed by atoms with Crippen molar-refractivity contribution < 1.29 is 9.90 Å². The van der Waals surface area contributed by atoms with Crippen molar-refractivity contribution in [1.82, 2.24) is 9.38 Å². The Morgan fingerprint density at radius 2 is 2.16 bits per heavy atom. The molecule has 2 rings (SSSR count). The topological polar surface area (TPSA) is 57.8 Å². The van der Waals surface area contributed by atoms with Gasteiger partial charge in [0.05, 0.1) is 0 Å². The van der Waals surface area contributed by atoms with Gasteiger partial charge in [-0.25, -0.2) is 9.78 Å². The number of rotatable bonds is 5. The Bertz CT molecular complexity index is 586. The van der Waals surface area contributed by atoms with Crippen LogP contribution in [0.2, 0.25) is 0 Å². The smallest absolute Gasteiger partial charge is 0.356 e. The Kier molecular flexibility index (Phi) is 3.80. The van der Waals surface area contributed by atoms with Gasteiger partial charge in [-0.2, -0.15) is 0 Å². The molecule has 0 aliphatic heterocycles. The van der Waals surface area contributed by atoms with Gasteiger partial charge in [0, 0.05) is 24.2 Å². The van der Waals surface area contributed by atoms with Crippen molar-refractivity contribution in [2.45, 2.75) is 33.7 Å². The van der Waals surface area contributed by atoms with Gasteiger partial charge in [-0.15, -0.1) is 11.3 Å². The Balaban J connectivity index is 2.55. The van der Waals surface area contributed by atoms with Crippen molar-refractivity contribution >= 4 is 28.1 Å². The highest BCUT2D eigenvalue weighted by Crippen LogP contribution is 2.26. The lowest BCUT2D eigenvalue weighted by atomic mass is 10.1. The zero-order valence-corrected chi connectivity index (χ0v) is 12.4. The molecule has 0 radical (unpaired) electrons. The molecule has 0 spiro atoms. The van der Waals surface area contributed by atoms with E-state index in [1.807, 2.05) is 5.38 Å². The second kappa shape index (κ2) is 5.21. The maximum atomic E-state index is 11.5. The lowest BCUT2D eigenvalue weighted by molar-refractivity contribution is 0.0690. The number of hydrogen-bond donors (Lipinski definition) is 1. The minimum atomic E-state index is -0.935. The summed E-state index contributed by atoms with van der Waals surface area (Å²) in [5.41, 5.74) is 0.255. The van der Waals surface area contributed by atoms with Crippen LogP contribution in [0, 0.1) is 5.92 Å². The van der Waals surface area contributed by atoms with Gasteiger partial charge in [0.2, 0.25) is 0 Å². The van der Waals surface area contributed by atoms with Crippen molar-refractivity contribution in [2.75, 3.05) is 11.4 Å². The molecule has 0 amide bonds. The fourth-order valence-electron chi connectivity index (χ4n) is 2.11. The molecule has 0 aliphatic rings. The molecule has 5 nitrogen and oxygen atoms in total. The van der Waals surface area contributed by atoms with Crippen LogP contribution in [0.1, 0.15) is 38.2 Å². The molecule has 0 aliphatic carbocycles. The predicted octanol–water partition coefficient (Wildman–Crippen LogP) is 2.96. The maximum Gasteiger partial charge on any atom is 0.356 e. The minimum Gasteiger partial charge on any atom is -0.476 e. The van der Waals surface area contributed by atoms with Crippen molar-refractivity contribution in [1.29, 1.82) is 0 Å². The van der Waals surface area contributed by atoms with Crippen LogP contribution in [0.4, 0.5) is 5.82 Å². The third kappa shape index (κ3) is 2.58. The number of nitrogens with zero attached hydrogens (tertiary/aromatic N) is 3. The molecular weight excluding hydrogens is 262 g/mol. The van der Waals surface area contributed by atoms with Gasteiger partial charge in [-0.3, -0.25) is 4.40 Å². The number of aromatic carboxylic acids is 1. The summed E-state index contributed by atoms with van der Waals surface area (Å²) in [5.74, 6) is 0.0853. The lowest BCUT2D eigenvalue weighted by Gasteiger charge is -2.29. The molecule has 1 N–H and O–H groups in total. The first kappa shape index (κ1) is 13.9. The summed E-state index contributed by atoms with van der Waals surface area (Å²) in [5, 5.41) is 11.3. The van der Waals surface area contributed by atoms with E-state index in [0.717, 1.165) is 11.5 Å². The van der Waals surface area contributed by atoms with E-state index in [1.165, 1.54) is 11.3 Å². The lowest BCUT2D eigenvalue weighted by Crippen LogP contribution is -2.35. The number of thiazole rings is 1. The first-order chi connectivity index (χ1) is 8.91. The van der Waals surface area contributed by atoms with Gasteiger partial charge in [0.1, 0.15) is 0 Å². The largest absolute Gasteiger partial charge is 0.476 e. The van der Waals surface area contributed by atoms with E-state index in [4.69, 9.17) is 0 Å². The second-order valence-electron chi connectivity index (χ2n) is 5.28. The molecule has 6 heteroatoms. The molecule has 0 atom stereocenters. The summed E-state index contributed by atoms with van der Waals surface area (Å²) in [6, 6.07) is 0.213. The van der Waals surface area contributed by atoms with Crippen molar-refractivity contribution in [3.63, 3.8) is 0 Å². The molecule has 0 unspecified atom stereocenters. The molecule has 104 valence electrons. The number of aromatic nitrogens is 2. The van der Waals surface area contributed by atoms with Crippen LogP contribution in [0.3, 0.4) is 0 Å². The van der Waals surface area contributed by atoms with Gasteiger partial charge < -0.3 is 10.0 Å². The first-order valence-electron chi connectivity index (χ1n) is 6.37. The Morgan fingerprint density at radius 1 is 1.47 bits per heavy atom. The van der Waals surface area contributed by atoms with Gasteiger partial charge in [0.15, 0.2) is 16.5 Å². The number of hydrogen-bond acceptors (Lipinski definition) is 4. The van der Waals surface area contributed by atoms with Crippen LogP contribution in [-0.4, -0.2) is 33.0 Å². The third-order valence-corrected chi connectivity index (χ3v) is 3.66. The molecule has 0 aromatic carbocycles. The van der Waals surface area contributed by atoms with E-state index in [1.54, 1.807) is 10.6 Å². The van der Waals surface area contributed by atoms with Crippen LogP contribution in [0.25, 0.3) is 4.96 Å². The minimum absolute atomic E-state index is 0.213. The van der Waals surface area contributed by atoms with Crippen molar-refractivity contribution in [3.8, 4) is 0 Å². The second-order valence-corrected chi connectivity index (χ2v) is 6.16. The Morgan fingerprint density at radius 3 is 2.68 bits per heavy atom. The van der Waals surface area contributed by atoms with E-state index in [0.29, 0.717) is 11.7 Å². The average molecular weight is 281 g/mol. The molecular formula is C13H19N3O2S. The molecule has 2 aromatic rings.